The maximum Gasteiger partial charge on any atom is 0.178 e. The molecule has 2 unspecified atom stereocenters. The van der Waals surface area contributed by atoms with Gasteiger partial charge in [0, 0.05) is 0 Å². The van der Waals surface area contributed by atoms with Gasteiger partial charge in [0.2, 0.25) is 0 Å². The highest BCUT2D eigenvalue weighted by atomic mass is 35.5. The molecule has 120 valence electrons. The van der Waals surface area contributed by atoms with E-state index in [2.05, 4.69) is 5.32 Å². The molecule has 0 aliphatic carbocycles. The highest BCUT2D eigenvalue weighted by Crippen LogP contribution is 2.32. The number of nitrogens with one attached hydrogen (secondary N) is 1. The fourth-order valence-corrected chi connectivity index (χ4v) is 2.95. The average molecular weight is 335 g/mol. The quantitative estimate of drug-likeness (QED) is 0.871. The standard InChI is InChI=1S/C14H22N2O3S.ClH/c1-10(15)20(17,18)9-16-13-8-11-6-4-5-7-12(11)19-14(13,2)3;/h4-7,10,13,16H,8-9,15H2,1-3H3;1H. The van der Waals surface area contributed by atoms with E-state index < -0.39 is 20.8 Å². The summed E-state index contributed by atoms with van der Waals surface area (Å²) in [6, 6.07) is 7.75. The van der Waals surface area contributed by atoms with E-state index in [1.807, 2.05) is 38.1 Å². The lowest BCUT2D eigenvalue weighted by Crippen LogP contribution is -2.55. The Kier molecular flexibility index (Phi) is 5.66. The third-order valence-electron chi connectivity index (χ3n) is 3.71. The summed E-state index contributed by atoms with van der Waals surface area (Å²) in [6.45, 7) is 5.40. The van der Waals surface area contributed by atoms with Crippen LogP contribution in [0, 0.1) is 0 Å². The zero-order valence-corrected chi connectivity index (χ0v) is 14.1. The fourth-order valence-electron chi connectivity index (χ4n) is 2.26. The van der Waals surface area contributed by atoms with E-state index in [9.17, 15) is 8.42 Å². The molecule has 2 atom stereocenters. The summed E-state index contributed by atoms with van der Waals surface area (Å²) < 4.78 is 29.6. The number of halogens is 1. The van der Waals surface area contributed by atoms with Crippen LogP contribution >= 0.6 is 12.4 Å². The largest absolute Gasteiger partial charge is 0.486 e. The van der Waals surface area contributed by atoms with Crippen molar-refractivity contribution < 1.29 is 13.2 Å². The topological polar surface area (TPSA) is 81.4 Å². The maximum absolute atomic E-state index is 11.8. The molecule has 2 rings (SSSR count). The molecule has 7 heteroatoms. The van der Waals surface area contributed by atoms with Gasteiger partial charge in [0.1, 0.15) is 22.6 Å². The molecule has 0 fully saturated rings. The molecule has 1 heterocycles. The number of nitrogens with two attached hydrogens (primary N) is 1. The monoisotopic (exact) mass is 334 g/mol. The average Bonchev–Trinajstić information content (AvgIpc) is 2.35. The summed E-state index contributed by atoms with van der Waals surface area (Å²) in [5, 5.41) is 2.22. The summed E-state index contributed by atoms with van der Waals surface area (Å²) in [7, 11) is -3.31. The Hall–Kier alpha value is -0.820. The van der Waals surface area contributed by atoms with Crippen LogP contribution in [0.25, 0.3) is 0 Å². The first-order valence-corrected chi connectivity index (χ1v) is 8.41. The SMILES string of the molecule is CC(N)S(=O)(=O)CNC1Cc2ccccc2OC1(C)C.Cl. The van der Waals surface area contributed by atoms with Crippen molar-refractivity contribution in [2.24, 2.45) is 5.73 Å². The Balaban J connectivity index is 0.00000220. The van der Waals surface area contributed by atoms with Gasteiger partial charge in [-0.1, -0.05) is 18.2 Å². The lowest BCUT2D eigenvalue weighted by atomic mass is 9.89. The second-order valence-electron chi connectivity index (χ2n) is 5.79. The van der Waals surface area contributed by atoms with E-state index in [1.54, 1.807) is 0 Å². The summed E-state index contributed by atoms with van der Waals surface area (Å²) in [4.78, 5) is 0. The van der Waals surface area contributed by atoms with Gasteiger partial charge in [-0.2, -0.15) is 0 Å². The van der Waals surface area contributed by atoms with Crippen LogP contribution in [-0.4, -0.2) is 31.3 Å². The first kappa shape index (κ1) is 18.2. The molecule has 0 bridgehead atoms. The van der Waals surface area contributed by atoms with Gasteiger partial charge in [0.15, 0.2) is 9.84 Å². The highest BCUT2D eigenvalue weighted by Gasteiger charge is 2.37. The number of hydrogen-bond acceptors (Lipinski definition) is 5. The van der Waals surface area contributed by atoms with Crippen LogP contribution in [-0.2, 0) is 16.3 Å². The minimum Gasteiger partial charge on any atom is -0.486 e. The molecule has 0 radical (unpaired) electrons. The van der Waals surface area contributed by atoms with Crippen molar-refractivity contribution in [2.45, 2.75) is 44.2 Å². The van der Waals surface area contributed by atoms with Crippen molar-refractivity contribution in [2.75, 3.05) is 5.88 Å². The molecular formula is C14H23ClN2O3S. The summed E-state index contributed by atoms with van der Waals surface area (Å²) in [5.41, 5.74) is 6.09. The van der Waals surface area contributed by atoms with Gasteiger partial charge in [-0.15, -0.1) is 12.4 Å². The van der Waals surface area contributed by atoms with E-state index in [0.717, 1.165) is 17.7 Å². The van der Waals surface area contributed by atoms with Crippen LogP contribution in [0.3, 0.4) is 0 Å². The number of fused-ring (bicyclic) bond motifs is 1. The third-order valence-corrected chi connectivity index (χ3v) is 5.41. The maximum atomic E-state index is 11.8. The normalized spacial score (nSPS) is 21.6. The Labute approximate surface area is 132 Å². The third kappa shape index (κ3) is 4.10. The lowest BCUT2D eigenvalue weighted by Gasteiger charge is -2.40. The molecule has 0 saturated heterocycles. The highest BCUT2D eigenvalue weighted by molar-refractivity contribution is 7.91. The van der Waals surface area contributed by atoms with E-state index in [4.69, 9.17) is 10.5 Å². The van der Waals surface area contributed by atoms with Gasteiger partial charge in [-0.05, 0) is 38.8 Å². The van der Waals surface area contributed by atoms with Gasteiger partial charge >= 0.3 is 0 Å². The Morgan fingerprint density at radius 3 is 2.67 bits per heavy atom. The molecular weight excluding hydrogens is 312 g/mol. The molecule has 3 N–H and O–H groups in total. The zero-order chi connectivity index (χ0) is 15.0. The van der Waals surface area contributed by atoms with Gasteiger partial charge < -0.3 is 10.5 Å². The van der Waals surface area contributed by atoms with Crippen molar-refractivity contribution in [1.82, 2.24) is 5.32 Å². The minimum absolute atomic E-state index is 0. The molecule has 0 spiro atoms. The molecule has 5 nitrogen and oxygen atoms in total. The van der Waals surface area contributed by atoms with Gasteiger partial charge in [0.05, 0.1) is 6.04 Å². The van der Waals surface area contributed by atoms with Crippen molar-refractivity contribution >= 4 is 22.2 Å². The van der Waals surface area contributed by atoms with Crippen LogP contribution < -0.4 is 15.8 Å². The number of benzene rings is 1. The van der Waals surface area contributed by atoms with Crippen molar-refractivity contribution in [3.05, 3.63) is 29.8 Å². The van der Waals surface area contributed by atoms with Crippen molar-refractivity contribution in [1.29, 1.82) is 0 Å². The number of sulfone groups is 1. The first-order valence-electron chi connectivity index (χ1n) is 6.70. The van der Waals surface area contributed by atoms with Crippen LogP contribution in [0.1, 0.15) is 26.3 Å². The van der Waals surface area contributed by atoms with Gasteiger partial charge in [-0.3, -0.25) is 5.32 Å². The molecule has 1 aliphatic heterocycles. The van der Waals surface area contributed by atoms with E-state index in [1.165, 1.54) is 6.92 Å². The molecule has 1 aliphatic rings. The Morgan fingerprint density at radius 1 is 1.43 bits per heavy atom. The van der Waals surface area contributed by atoms with Crippen molar-refractivity contribution in [3.8, 4) is 5.75 Å². The second-order valence-corrected chi connectivity index (χ2v) is 8.14. The minimum atomic E-state index is -3.31. The lowest BCUT2D eigenvalue weighted by molar-refractivity contribution is 0.0507. The molecule has 0 aromatic heterocycles. The number of hydrogen-bond donors (Lipinski definition) is 2. The molecule has 1 aromatic rings. The van der Waals surface area contributed by atoms with E-state index in [0.29, 0.717) is 0 Å². The molecule has 21 heavy (non-hydrogen) atoms. The fraction of sp³-hybridized carbons (Fsp3) is 0.571. The van der Waals surface area contributed by atoms with E-state index in [-0.39, 0.29) is 24.3 Å². The zero-order valence-electron chi connectivity index (χ0n) is 12.5. The second kappa shape index (κ2) is 6.52. The number of para-hydroxylation sites is 1. The molecule has 1 aromatic carbocycles. The van der Waals surface area contributed by atoms with Gasteiger partial charge in [0.25, 0.3) is 0 Å². The van der Waals surface area contributed by atoms with Crippen LogP contribution in [0.4, 0.5) is 0 Å². The summed E-state index contributed by atoms with van der Waals surface area (Å²) in [5.74, 6) is 0.732. The first-order chi connectivity index (χ1) is 9.22. The number of rotatable bonds is 4. The van der Waals surface area contributed by atoms with Crippen molar-refractivity contribution in [3.63, 3.8) is 0 Å². The summed E-state index contributed by atoms with van der Waals surface area (Å²) >= 11 is 0. The molecule has 0 saturated carbocycles. The van der Waals surface area contributed by atoms with Gasteiger partial charge in [-0.25, -0.2) is 8.42 Å². The predicted molar refractivity (Wildman–Crippen MR) is 86.5 cm³/mol. The van der Waals surface area contributed by atoms with Crippen LogP contribution in [0.2, 0.25) is 0 Å². The Morgan fingerprint density at radius 2 is 2.05 bits per heavy atom. The Bertz CT molecular complexity index is 588. The number of ether oxygens (including phenoxy) is 1. The van der Waals surface area contributed by atoms with Crippen LogP contribution in [0.15, 0.2) is 24.3 Å². The van der Waals surface area contributed by atoms with Crippen LogP contribution in [0.5, 0.6) is 5.75 Å². The smallest absolute Gasteiger partial charge is 0.178 e. The predicted octanol–water partition coefficient (Wildman–Crippen LogP) is 1.46. The summed E-state index contributed by atoms with van der Waals surface area (Å²) in [6.07, 6.45) is 0.734. The molecule has 0 amide bonds. The van der Waals surface area contributed by atoms with E-state index >= 15 is 0 Å².